The summed E-state index contributed by atoms with van der Waals surface area (Å²) >= 11 is 1.76. The average Bonchev–Trinajstić information content (AvgIpc) is 2.43. The lowest BCUT2D eigenvalue weighted by Gasteiger charge is -2.09. The Kier molecular flexibility index (Phi) is 4.69. The zero-order chi connectivity index (χ0) is 14.5. The molecule has 1 amide bonds. The van der Waals surface area contributed by atoms with Crippen molar-refractivity contribution in [3.05, 3.63) is 59.2 Å². The van der Waals surface area contributed by atoms with E-state index in [9.17, 15) is 4.79 Å². The van der Waals surface area contributed by atoms with Gasteiger partial charge in [0.05, 0.1) is 11.4 Å². The Balaban J connectivity index is 2.11. The van der Waals surface area contributed by atoms with Crippen molar-refractivity contribution >= 4 is 29.0 Å². The third kappa shape index (κ3) is 3.54. The third-order valence-electron chi connectivity index (χ3n) is 2.98. The van der Waals surface area contributed by atoms with Crippen LogP contribution in [0.1, 0.15) is 21.5 Å². The fraction of sp³-hybridized carbons (Fsp3) is 0.188. The number of hydrogen-bond acceptors (Lipinski definition) is 3. The van der Waals surface area contributed by atoms with Crippen molar-refractivity contribution in [2.45, 2.75) is 12.7 Å². The summed E-state index contributed by atoms with van der Waals surface area (Å²) in [6.45, 7) is 1.96. The number of nitrogens with two attached hydrogens (primary N) is 1. The lowest BCUT2D eigenvalue weighted by molar-refractivity contribution is 0.102. The van der Waals surface area contributed by atoms with Gasteiger partial charge in [0.2, 0.25) is 0 Å². The maximum atomic E-state index is 12.1. The number of rotatable bonds is 4. The maximum absolute atomic E-state index is 12.1. The Morgan fingerprint density at radius 2 is 1.90 bits per heavy atom. The molecule has 4 heteroatoms. The Hall–Kier alpha value is -1.94. The van der Waals surface area contributed by atoms with Gasteiger partial charge < -0.3 is 11.1 Å². The molecule has 2 rings (SSSR count). The summed E-state index contributed by atoms with van der Waals surface area (Å²) in [5.74, 6) is 0.809. The summed E-state index contributed by atoms with van der Waals surface area (Å²) < 4.78 is 0. The Labute approximate surface area is 123 Å². The summed E-state index contributed by atoms with van der Waals surface area (Å²) in [5.41, 5.74) is 10.0. The van der Waals surface area contributed by atoms with Gasteiger partial charge in [-0.1, -0.05) is 18.2 Å². The quantitative estimate of drug-likeness (QED) is 0.843. The molecule has 0 aliphatic heterocycles. The highest BCUT2D eigenvalue weighted by molar-refractivity contribution is 7.97. The first kappa shape index (κ1) is 14.5. The Morgan fingerprint density at radius 3 is 2.50 bits per heavy atom. The van der Waals surface area contributed by atoms with Gasteiger partial charge in [-0.05, 0) is 48.6 Å². The minimum atomic E-state index is -0.142. The van der Waals surface area contributed by atoms with Gasteiger partial charge in [0.25, 0.3) is 5.91 Å². The lowest BCUT2D eigenvalue weighted by atomic mass is 10.1. The normalized spacial score (nSPS) is 10.3. The summed E-state index contributed by atoms with van der Waals surface area (Å²) in [6.07, 6.45) is 2.06. The topological polar surface area (TPSA) is 55.1 Å². The molecular weight excluding hydrogens is 268 g/mol. The minimum absolute atomic E-state index is 0.142. The first-order valence-corrected chi connectivity index (χ1v) is 7.75. The second kappa shape index (κ2) is 6.48. The predicted molar refractivity (Wildman–Crippen MR) is 87.2 cm³/mol. The van der Waals surface area contributed by atoms with E-state index in [-0.39, 0.29) is 5.91 Å². The summed E-state index contributed by atoms with van der Waals surface area (Å²) in [6, 6.07) is 13.2. The molecule has 2 aromatic carbocycles. The fourth-order valence-electron chi connectivity index (χ4n) is 1.91. The van der Waals surface area contributed by atoms with Gasteiger partial charge >= 0.3 is 0 Å². The molecule has 20 heavy (non-hydrogen) atoms. The van der Waals surface area contributed by atoms with Gasteiger partial charge in [-0.2, -0.15) is 11.8 Å². The van der Waals surface area contributed by atoms with Crippen molar-refractivity contribution in [3.63, 3.8) is 0 Å². The second-order valence-corrected chi connectivity index (χ2v) is 5.54. The van der Waals surface area contributed by atoms with E-state index in [2.05, 4.69) is 11.6 Å². The van der Waals surface area contributed by atoms with Crippen LogP contribution in [0.3, 0.4) is 0 Å². The van der Waals surface area contributed by atoms with Gasteiger partial charge in [0.1, 0.15) is 0 Å². The zero-order valence-corrected chi connectivity index (χ0v) is 12.5. The molecule has 2 aromatic rings. The number of nitrogens with one attached hydrogen (secondary N) is 1. The molecule has 0 spiro atoms. The molecule has 104 valence electrons. The molecule has 0 bridgehead atoms. The van der Waals surface area contributed by atoms with Crippen LogP contribution in [0.2, 0.25) is 0 Å². The third-order valence-corrected chi connectivity index (χ3v) is 3.60. The van der Waals surface area contributed by atoms with E-state index < -0.39 is 0 Å². The number of hydrogen-bond donors (Lipinski definition) is 2. The number of benzene rings is 2. The molecule has 0 heterocycles. The van der Waals surface area contributed by atoms with Crippen LogP contribution in [0.5, 0.6) is 0 Å². The van der Waals surface area contributed by atoms with E-state index in [0.717, 1.165) is 11.3 Å². The number of amides is 1. The molecule has 0 radical (unpaired) electrons. The maximum Gasteiger partial charge on any atom is 0.255 e. The van der Waals surface area contributed by atoms with Crippen molar-refractivity contribution in [3.8, 4) is 0 Å². The van der Waals surface area contributed by atoms with Crippen molar-refractivity contribution in [2.24, 2.45) is 0 Å². The Bertz CT molecular complexity index is 608. The molecule has 0 atom stereocenters. The van der Waals surface area contributed by atoms with Gasteiger partial charge in [-0.25, -0.2) is 0 Å². The monoisotopic (exact) mass is 286 g/mol. The van der Waals surface area contributed by atoms with Gasteiger partial charge in [0, 0.05) is 11.3 Å². The number of carbonyl (C=O) groups excluding carboxylic acids is 1. The van der Waals surface area contributed by atoms with Crippen molar-refractivity contribution in [1.29, 1.82) is 0 Å². The first-order valence-electron chi connectivity index (χ1n) is 6.35. The van der Waals surface area contributed by atoms with Crippen LogP contribution in [-0.2, 0) is 5.75 Å². The van der Waals surface area contributed by atoms with E-state index >= 15 is 0 Å². The molecule has 0 aromatic heterocycles. The molecule has 0 aliphatic rings. The highest BCUT2D eigenvalue weighted by Crippen LogP contribution is 2.20. The van der Waals surface area contributed by atoms with Crippen LogP contribution < -0.4 is 11.1 Å². The van der Waals surface area contributed by atoms with Gasteiger partial charge in [-0.15, -0.1) is 0 Å². The smallest absolute Gasteiger partial charge is 0.255 e. The summed E-state index contributed by atoms with van der Waals surface area (Å²) in [4.78, 5) is 12.1. The van der Waals surface area contributed by atoms with E-state index in [1.807, 2.05) is 49.4 Å². The van der Waals surface area contributed by atoms with Crippen LogP contribution in [-0.4, -0.2) is 12.2 Å². The van der Waals surface area contributed by atoms with E-state index in [4.69, 9.17) is 5.73 Å². The van der Waals surface area contributed by atoms with Gasteiger partial charge in [0.15, 0.2) is 0 Å². The fourth-order valence-corrected chi connectivity index (χ4v) is 2.44. The second-order valence-electron chi connectivity index (χ2n) is 4.67. The predicted octanol–water partition coefficient (Wildman–Crippen LogP) is 3.69. The molecule has 0 saturated heterocycles. The number of thioether (sulfide) groups is 1. The van der Waals surface area contributed by atoms with Crippen LogP contribution in [0.15, 0.2) is 42.5 Å². The number of anilines is 2. The highest BCUT2D eigenvalue weighted by atomic mass is 32.2. The molecule has 0 unspecified atom stereocenters. The Morgan fingerprint density at radius 1 is 1.20 bits per heavy atom. The van der Waals surface area contributed by atoms with Gasteiger partial charge in [-0.3, -0.25) is 4.79 Å². The van der Waals surface area contributed by atoms with Crippen LogP contribution in [0.4, 0.5) is 11.4 Å². The van der Waals surface area contributed by atoms with Crippen molar-refractivity contribution in [2.75, 3.05) is 17.3 Å². The SMILES string of the molecule is CSCc1ccc(C(=O)Nc2ccc(C)cc2N)cc1. The van der Waals surface area contributed by atoms with Crippen molar-refractivity contribution in [1.82, 2.24) is 0 Å². The van der Waals surface area contributed by atoms with Crippen LogP contribution >= 0.6 is 11.8 Å². The van der Waals surface area contributed by atoms with E-state index in [1.54, 1.807) is 11.8 Å². The van der Waals surface area contributed by atoms with Crippen LogP contribution in [0.25, 0.3) is 0 Å². The lowest BCUT2D eigenvalue weighted by Crippen LogP contribution is -2.13. The molecular formula is C16H18N2OS. The summed E-state index contributed by atoms with van der Waals surface area (Å²) in [5, 5.41) is 2.84. The highest BCUT2D eigenvalue weighted by Gasteiger charge is 2.08. The number of carbonyl (C=O) groups is 1. The molecule has 0 saturated carbocycles. The standard InChI is InChI=1S/C16H18N2OS/c1-11-3-8-15(14(17)9-11)18-16(19)13-6-4-12(5-7-13)10-20-2/h3-9H,10,17H2,1-2H3,(H,18,19). The average molecular weight is 286 g/mol. The molecule has 3 nitrogen and oxygen atoms in total. The van der Waals surface area contributed by atoms with E-state index in [1.165, 1.54) is 5.56 Å². The van der Waals surface area contributed by atoms with Crippen molar-refractivity contribution < 1.29 is 4.79 Å². The first-order chi connectivity index (χ1) is 9.60. The van der Waals surface area contributed by atoms with Crippen LogP contribution in [0, 0.1) is 6.92 Å². The molecule has 0 fully saturated rings. The van der Waals surface area contributed by atoms with E-state index in [0.29, 0.717) is 16.9 Å². The largest absolute Gasteiger partial charge is 0.397 e. The molecule has 0 aliphatic carbocycles. The number of nitrogen functional groups attached to an aromatic ring is 1. The number of aryl methyl sites for hydroxylation is 1. The minimum Gasteiger partial charge on any atom is -0.397 e. The zero-order valence-electron chi connectivity index (χ0n) is 11.6. The summed E-state index contributed by atoms with van der Waals surface area (Å²) in [7, 11) is 0. The molecule has 3 N–H and O–H groups in total.